The Morgan fingerprint density at radius 1 is 1.11 bits per heavy atom. The van der Waals surface area contributed by atoms with Crippen LogP contribution >= 0.6 is 0 Å². The molecule has 1 rings (SSSR count). The molecule has 0 spiro atoms. The van der Waals surface area contributed by atoms with Crippen LogP contribution in [0.2, 0.25) is 0 Å². The minimum atomic E-state index is 0.298. The highest BCUT2D eigenvalue weighted by molar-refractivity contribution is 5.33. The number of benzene rings is 1. The zero-order valence-corrected chi connectivity index (χ0v) is 11.3. The second-order valence-corrected chi connectivity index (χ2v) is 4.37. The number of rotatable bonds is 10. The average Bonchev–Trinajstić information content (AvgIpc) is 2.41. The van der Waals surface area contributed by atoms with E-state index in [2.05, 4.69) is 18.3 Å². The first kappa shape index (κ1) is 15.0. The first-order chi connectivity index (χ1) is 8.88. The van der Waals surface area contributed by atoms with E-state index in [0.717, 1.165) is 51.1 Å². The van der Waals surface area contributed by atoms with Crippen LogP contribution in [-0.2, 0) is 6.54 Å². The largest absolute Gasteiger partial charge is 0.493 e. The highest BCUT2D eigenvalue weighted by Crippen LogP contribution is 2.18. The standard InChI is InChI=1S/C15H25NO2/c1-2-16-13-14-9-5-6-10-15(14)18-12-8-4-3-7-11-17/h5-6,9-10,16-17H,2-4,7-8,11-13H2,1H3. The summed E-state index contributed by atoms with van der Waals surface area (Å²) in [6.07, 6.45) is 4.15. The molecule has 3 nitrogen and oxygen atoms in total. The Labute approximate surface area is 110 Å². The zero-order valence-electron chi connectivity index (χ0n) is 11.3. The molecule has 102 valence electrons. The van der Waals surface area contributed by atoms with E-state index in [9.17, 15) is 0 Å². The van der Waals surface area contributed by atoms with E-state index < -0.39 is 0 Å². The van der Waals surface area contributed by atoms with Gasteiger partial charge >= 0.3 is 0 Å². The molecule has 0 atom stereocenters. The Balaban J connectivity index is 2.27. The van der Waals surface area contributed by atoms with E-state index in [-0.39, 0.29) is 0 Å². The molecule has 1 aromatic rings. The summed E-state index contributed by atoms with van der Waals surface area (Å²) in [5, 5.41) is 12.0. The SMILES string of the molecule is CCNCc1ccccc1OCCCCCCO. The van der Waals surface area contributed by atoms with Crippen molar-refractivity contribution in [3.05, 3.63) is 29.8 Å². The predicted molar refractivity (Wildman–Crippen MR) is 74.9 cm³/mol. The molecule has 0 aliphatic carbocycles. The molecular weight excluding hydrogens is 226 g/mol. The van der Waals surface area contributed by atoms with Crippen molar-refractivity contribution in [2.45, 2.75) is 39.2 Å². The Bertz CT molecular complexity index is 315. The van der Waals surface area contributed by atoms with Gasteiger partial charge in [-0.25, -0.2) is 0 Å². The topological polar surface area (TPSA) is 41.5 Å². The first-order valence-electron chi connectivity index (χ1n) is 6.90. The van der Waals surface area contributed by atoms with Crippen LogP contribution in [0.1, 0.15) is 38.2 Å². The third-order valence-corrected chi connectivity index (χ3v) is 2.85. The fourth-order valence-electron chi connectivity index (χ4n) is 1.80. The van der Waals surface area contributed by atoms with Gasteiger partial charge in [-0.1, -0.05) is 31.5 Å². The summed E-state index contributed by atoms with van der Waals surface area (Å²) in [6.45, 7) is 4.98. The van der Waals surface area contributed by atoms with Crippen LogP contribution < -0.4 is 10.1 Å². The van der Waals surface area contributed by atoms with Gasteiger partial charge in [-0.15, -0.1) is 0 Å². The summed E-state index contributed by atoms with van der Waals surface area (Å²) in [4.78, 5) is 0. The summed E-state index contributed by atoms with van der Waals surface area (Å²) in [5.74, 6) is 0.987. The lowest BCUT2D eigenvalue weighted by molar-refractivity contribution is 0.272. The molecule has 0 aliphatic rings. The Morgan fingerprint density at radius 3 is 2.67 bits per heavy atom. The van der Waals surface area contributed by atoms with E-state index in [1.54, 1.807) is 0 Å². The highest BCUT2D eigenvalue weighted by atomic mass is 16.5. The maximum Gasteiger partial charge on any atom is 0.123 e. The molecule has 2 N–H and O–H groups in total. The van der Waals surface area contributed by atoms with Crippen LogP contribution in [-0.4, -0.2) is 24.9 Å². The lowest BCUT2D eigenvalue weighted by Gasteiger charge is -2.11. The summed E-state index contributed by atoms with van der Waals surface area (Å²) in [6, 6.07) is 8.18. The van der Waals surface area contributed by atoms with Gasteiger partial charge in [0.2, 0.25) is 0 Å². The van der Waals surface area contributed by atoms with Crippen molar-refractivity contribution in [2.75, 3.05) is 19.8 Å². The van der Waals surface area contributed by atoms with E-state index in [1.165, 1.54) is 5.56 Å². The molecule has 3 heteroatoms. The Kier molecular flexibility index (Phi) is 8.26. The fraction of sp³-hybridized carbons (Fsp3) is 0.600. The molecule has 1 aromatic carbocycles. The van der Waals surface area contributed by atoms with Gasteiger partial charge in [-0.05, 0) is 31.9 Å². The van der Waals surface area contributed by atoms with Gasteiger partial charge in [0.25, 0.3) is 0 Å². The Hall–Kier alpha value is -1.06. The monoisotopic (exact) mass is 251 g/mol. The molecule has 0 saturated heterocycles. The van der Waals surface area contributed by atoms with Gasteiger partial charge in [-0.3, -0.25) is 0 Å². The minimum Gasteiger partial charge on any atom is -0.493 e. The summed E-state index contributed by atoms with van der Waals surface area (Å²) < 4.78 is 5.81. The number of nitrogens with one attached hydrogen (secondary N) is 1. The van der Waals surface area contributed by atoms with Crippen molar-refractivity contribution < 1.29 is 9.84 Å². The number of aliphatic hydroxyl groups is 1. The molecule has 0 saturated carbocycles. The molecule has 0 heterocycles. The van der Waals surface area contributed by atoms with Crippen LogP contribution in [0.5, 0.6) is 5.75 Å². The number of para-hydroxylation sites is 1. The van der Waals surface area contributed by atoms with Crippen LogP contribution in [0.4, 0.5) is 0 Å². The summed E-state index contributed by atoms with van der Waals surface area (Å²) in [7, 11) is 0. The number of hydrogen-bond donors (Lipinski definition) is 2. The molecule has 0 aromatic heterocycles. The van der Waals surface area contributed by atoms with Crippen LogP contribution in [0.3, 0.4) is 0 Å². The average molecular weight is 251 g/mol. The van der Waals surface area contributed by atoms with Gasteiger partial charge in [-0.2, -0.15) is 0 Å². The molecule has 0 bridgehead atoms. The molecule has 0 amide bonds. The maximum atomic E-state index is 8.68. The third kappa shape index (κ3) is 6.03. The number of unbranched alkanes of at least 4 members (excludes halogenated alkanes) is 3. The second kappa shape index (κ2) is 9.92. The van der Waals surface area contributed by atoms with Gasteiger partial charge in [0.1, 0.15) is 5.75 Å². The molecule has 0 radical (unpaired) electrons. The Morgan fingerprint density at radius 2 is 1.89 bits per heavy atom. The second-order valence-electron chi connectivity index (χ2n) is 4.37. The summed E-state index contributed by atoms with van der Waals surface area (Å²) in [5.41, 5.74) is 1.22. The van der Waals surface area contributed by atoms with Crippen molar-refractivity contribution in [1.82, 2.24) is 5.32 Å². The third-order valence-electron chi connectivity index (χ3n) is 2.85. The van der Waals surface area contributed by atoms with Gasteiger partial charge < -0.3 is 15.2 Å². The van der Waals surface area contributed by atoms with Crippen molar-refractivity contribution in [3.8, 4) is 5.75 Å². The molecule has 18 heavy (non-hydrogen) atoms. The first-order valence-corrected chi connectivity index (χ1v) is 6.90. The highest BCUT2D eigenvalue weighted by Gasteiger charge is 2.01. The van der Waals surface area contributed by atoms with Gasteiger partial charge in [0.05, 0.1) is 6.61 Å². The maximum absolute atomic E-state index is 8.68. The quantitative estimate of drug-likeness (QED) is 0.628. The number of ether oxygens (including phenoxy) is 1. The van der Waals surface area contributed by atoms with Crippen LogP contribution in [0.25, 0.3) is 0 Å². The molecular formula is C15H25NO2. The number of aliphatic hydroxyl groups excluding tert-OH is 1. The van der Waals surface area contributed by atoms with Crippen molar-refractivity contribution in [1.29, 1.82) is 0 Å². The lowest BCUT2D eigenvalue weighted by atomic mass is 10.2. The smallest absolute Gasteiger partial charge is 0.123 e. The fourth-order valence-corrected chi connectivity index (χ4v) is 1.80. The van der Waals surface area contributed by atoms with Gasteiger partial charge in [0, 0.05) is 18.7 Å². The number of hydrogen-bond acceptors (Lipinski definition) is 3. The van der Waals surface area contributed by atoms with Crippen molar-refractivity contribution in [2.24, 2.45) is 0 Å². The molecule has 0 aliphatic heterocycles. The zero-order chi connectivity index (χ0) is 13.1. The van der Waals surface area contributed by atoms with Crippen LogP contribution in [0, 0.1) is 0 Å². The predicted octanol–water partition coefficient (Wildman–Crippen LogP) is 2.73. The van der Waals surface area contributed by atoms with Crippen LogP contribution in [0.15, 0.2) is 24.3 Å². The normalized spacial score (nSPS) is 10.6. The summed E-state index contributed by atoms with van der Waals surface area (Å²) >= 11 is 0. The van der Waals surface area contributed by atoms with E-state index in [4.69, 9.17) is 9.84 Å². The minimum absolute atomic E-state index is 0.298. The lowest BCUT2D eigenvalue weighted by Crippen LogP contribution is -2.13. The van der Waals surface area contributed by atoms with Gasteiger partial charge in [0.15, 0.2) is 0 Å². The molecule has 0 unspecified atom stereocenters. The van der Waals surface area contributed by atoms with E-state index in [0.29, 0.717) is 6.61 Å². The van der Waals surface area contributed by atoms with E-state index >= 15 is 0 Å². The van der Waals surface area contributed by atoms with E-state index in [1.807, 2.05) is 18.2 Å². The molecule has 0 fully saturated rings. The van der Waals surface area contributed by atoms with Crippen molar-refractivity contribution in [3.63, 3.8) is 0 Å². The van der Waals surface area contributed by atoms with Crippen molar-refractivity contribution >= 4 is 0 Å².